The van der Waals surface area contributed by atoms with Crippen LogP contribution >= 0.6 is 15.9 Å². The van der Waals surface area contributed by atoms with Gasteiger partial charge in [-0.1, -0.05) is 40.2 Å². The monoisotopic (exact) mass is 332 g/mol. The fraction of sp³-hybridized carbons (Fsp3) is 0.188. The zero-order valence-electron chi connectivity index (χ0n) is 11.5. The molecule has 0 radical (unpaired) electrons. The van der Waals surface area contributed by atoms with Gasteiger partial charge in [-0.3, -0.25) is 4.79 Å². The van der Waals surface area contributed by atoms with Gasteiger partial charge in [-0.15, -0.1) is 0 Å². The van der Waals surface area contributed by atoms with E-state index in [0.717, 1.165) is 15.6 Å². The van der Waals surface area contributed by atoms with Gasteiger partial charge in [0.05, 0.1) is 11.6 Å². The normalized spacial score (nSPS) is 11.9. The highest BCUT2D eigenvalue weighted by molar-refractivity contribution is 9.10. The Hall–Kier alpha value is -1.81. The molecule has 0 aliphatic rings. The number of halogens is 1. The second-order valence-corrected chi connectivity index (χ2v) is 5.70. The van der Waals surface area contributed by atoms with E-state index >= 15 is 0 Å². The Labute approximate surface area is 127 Å². The molecule has 104 valence electrons. The van der Waals surface area contributed by atoms with Gasteiger partial charge in [0.1, 0.15) is 0 Å². The highest BCUT2D eigenvalue weighted by Crippen LogP contribution is 2.21. The molecule has 0 fully saturated rings. The lowest BCUT2D eigenvalue weighted by molar-refractivity contribution is 0.0940. The van der Waals surface area contributed by atoms with Gasteiger partial charge in [0.15, 0.2) is 0 Å². The molecule has 4 heteroatoms. The predicted octanol–water partition coefficient (Wildman–Crippen LogP) is 3.83. The van der Waals surface area contributed by atoms with Crippen LogP contribution < -0.4 is 11.1 Å². The first kappa shape index (κ1) is 14.6. The first-order valence-corrected chi connectivity index (χ1v) is 7.19. The zero-order valence-corrected chi connectivity index (χ0v) is 13.1. The molecule has 0 spiro atoms. The molecule has 2 aromatic rings. The van der Waals surface area contributed by atoms with Crippen LogP contribution in [-0.4, -0.2) is 5.91 Å². The molecule has 20 heavy (non-hydrogen) atoms. The number of hydrogen-bond donors (Lipinski definition) is 2. The molecule has 1 atom stereocenters. The quantitative estimate of drug-likeness (QED) is 0.839. The topological polar surface area (TPSA) is 55.1 Å². The van der Waals surface area contributed by atoms with Gasteiger partial charge in [0.25, 0.3) is 5.91 Å². The van der Waals surface area contributed by atoms with Crippen LogP contribution in [0.15, 0.2) is 46.9 Å². The van der Waals surface area contributed by atoms with Crippen molar-refractivity contribution in [2.45, 2.75) is 19.9 Å². The van der Waals surface area contributed by atoms with Crippen LogP contribution in [0.1, 0.15) is 34.5 Å². The minimum Gasteiger partial charge on any atom is -0.398 e. The van der Waals surface area contributed by atoms with Crippen LogP contribution in [0.25, 0.3) is 0 Å². The number of carbonyl (C=O) groups excluding carboxylic acids is 1. The minimum atomic E-state index is -0.167. The number of nitrogen functional groups attached to an aromatic ring is 1. The summed E-state index contributed by atoms with van der Waals surface area (Å²) in [6.07, 6.45) is 0. The smallest absolute Gasteiger partial charge is 0.253 e. The molecular weight excluding hydrogens is 316 g/mol. The molecule has 0 aliphatic heterocycles. The fourth-order valence-electron chi connectivity index (χ4n) is 2.15. The van der Waals surface area contributed by atoms with Crippen molar-refractivity contribution in [2.24, 2.45) is 0 Å². The van der Waals surface area contributed by atoms with Crippen molar-refractivity contribution in [1.29, 1.82) is 0 Å². The van der Waals surface area contributed by atoms with Crippen molar-refractivity contribution >= 4 is 27.5 Å². The molecule has 3 N–H and O–H groups in total. The van der Waals surface area contributed by atoms with Gasteiger partial charge in [-0.25, -0.2) is 0 Å². The van der Waals surface area contributed by atoms with Crippen molar-refractivity contribution in [1.82, 2.24) is 5.32 Å². The van der Waals surface area contributed by atoms with E-state index in [4.69, 9.17) is 5.73 Å². The average Bonchev–Trinajstić information content (AvgIpc) is 2.41. The van der Waals surface area contributed by atoms with Crippen LogP contribution in [0.2, 0.25) is 0 Å². The van der Waals surface area contributed by atoms with Crippen LogP contribution in [0.4, 0.5) is 5.69 Å². The molecule has 0 saturated carbocycles. The number of aryl methyl sites for hydroxylation is 1. The molecule has 0 heterocycles. The molecule has 0 unspecified atom stereocenters. The number of anilines is 1. The van der Waals surface area contributed by atoms with E-state index in [1.807, 2.05) is 44.2 Å². The number of benzene rings is 2. The highest BCUT2D eigenvalue weighted by atomic mass is 79.9. The maximum atomic E-state index is 12.3. The van der Waals surface area contributed by atoms with Gasteiger partial charge in [0, 0.05) is 10.2 Å². The summed E-state index contributed by atoms with van der Waals surface area (Å²) in [7, 11) is 0. The van der Waals surface area contributed by atoms with E-state index in [0.29, 0.717) is 11.3 Å². The van der Waals surface area contributed by atoms with E-state index in [1.54, 1.807) is 12.1 Å². The Morgan fingerprint density at radius 3 is 2.65 bits per heavy atom. The summed E-state index contributed by atoms with van der Waals surface area (Å²) in [5.41, 5.74) is 9.07. The van der Waals surface area contributed by atoms with Gasteiger partial charge < -0.3 is 11.1 Å². The number of rotatable bonds is 3. The number of hydrogen-bond acceptors (Lipinski definition) is 2. The first-order valence-electron chi connectivity index (χ1n) is 6.40. The van der Waals surface area contributed by atoms with Crippen molar-refractivity contribution in [3.63, 3.8) is 0 Å². The lowest BCUT2D eigenvalue weighted by atomic mass is 10.0. The van der Waals surface area contributed by atoms with E-state index < -0.39 is 0 Å². The standard InChI is InChI=1S/C16H17BrN2O/c1-10-5-3-4-6-13(10)11(2)19-16(20)14-9-12(17)7-8-15(14)18/h3-9,11H,18H2,1-2H3,(H,19,20)/t11-/m1/s1. The van der Waals surface area contributed by atoms with Crippen LogP contribution in [0.3, 0.4) is 0 Å². The van der Waals surface area contributed by atoms with Crippen LogP contribution in [0.5, 0.6) is 0 Å². The molecule has 0 aliphatic carbocycles. The third-order valence-electron chi connectivity index (χ3n) is 3.26. The molecule has 3 nitrogen and oxygen atoms in total. The van der Waals surface area contributed by atoms with Crippen LogP contribution in [-0.2, 0) is 0 Å². The summed E-state index contributed by atoms with van der Waals surface area (Å²) >= 11 is 3.35. The largest absolute Gasteiger partial charge is 0.398 e. The van der Waals surface area contributed by atoms with Gasteiger partial charge in [-0.05, 0) is 43.2 Å². The summed E-state index contributed by atoms with van der Waals surface area (Å²) in [4.78, 5) is 12.3. The SMILES string of the molecule is Cc1ccccc1[C@@H](C)NC(=O)c1cc(Br)ccc1N. The molecule has 2 rings (SSSR count). The Balaban J connectivity index is 2.20. The van der Waals surface area contributed by atoms with Crippen molar-refractivity contribution in [3.05, 3.63) is 63.6 Å². The zero-order chi connectivity index (χ0) is 14.7. The molecule has 0 aromatic heterocycles. The van der Waals surface area contributed by atoms with Gasteiger partial charge >= 0.3 is 0 Å². The Morgan fingerprint density at radius 1 is 1.25 bits per heavy atom. The fourth-order valence-corrected chi connectivity index (χ4v) is 2.51. The third-order valence-corrected chi connectivity index (χ3v) is 3.76. The average molecular weight is 333 g/mol. The lowest BCUT2D eigenvalue weighted by Crippen LogP contribution is -2.27. The second kappa shape index (κ2) is 6.09. The molecule has 0 saturated heterocycles. The lowest BCUT2D eigenvalue weighted by Gasteiger charge is -2.17. The number of amides is 1. The maximum absolute atomic E-state index is 12.3. The predicted molar refractivity (Wildman–Crippen MR) is 85.6 cm³/mol. The maximum Gasteiger partial charge on any atom is 0.253 e. The molecule has 1 amide bonds. The molecule has 0 bridgehead atoms. The van der Waals surface area contributed by atoms with E-state index in [-0.39, 0.29) is 11.9 Å². The number of nitrogens with one attached hydrogen (secondary N) is 1. The molecular formula is C16H17BrN2O. The van der Waals surface area contributed by atoms with E-state index in [2.05, 4.69) is 21.2 Å². The summed E-state index contributed by atoms with van der Waals surface area (Å²) in [5.74, 6) is -0.167. The minimum absolute atomic E-state index is 0.0675. The summed E-state index contributed by atoms with van der Waals surface area (Å²) in [5, 5.41) is 2.98. The van der Waals surface area contributed by atoms with Crippen molar-refractivity contribution in [3.8, 4) is 0 Å². The first-order chi connectivity index (χ1) is 9.49. The van der Waals surface area contributed by atoms with Crippen LogP contribution in [0, 0.1) is 6.92 Å². The Bertz CT molecular complexity index is 640. The second-order valence-electron chi connectivity index (χ2n) is 4.78. The summed E-state index contributed by atoms with van der Waals surface area (Å²) < 4.78 is 0.834. The Kier molecular flexibility index (Phi) is 4.45. The van der Waals surface area contributed by atoms with E-state index in [9.17, 15) is 4.79 Å². The van der Waals surface area contributed by atoms with Crippen molar-refractivity contribution < 1.29 is 4.79 Å². The van der Waals surface area contributed by atoms with Crippen molar-refractivity contribution in [2.75, 3.05) is 5.73 Å². The molecule has 2 aromatic carbocycles. The van der Waals surface area contributed by atoms with Gasteiger partial charge in [-0.2, -0.15) is 0 Å². The summed E-state index contributed by atoms with van der Waals surface area (Å²) in [6.45, 7) is 4.00. The Morgan fingerprint density at radius 2 is 1.95 bits per heavy atom. The number of carbonyl (C=O) groups is 1. The van der Waals surface area contributed by atoms with E-state index in [1.165, 1.54) is 0 Å². The van der Waals surface area contributed by atoms with Gasteiger partial charge in [0.2, 0.25) is 0 Å². The summed E-state index contributed by atoms with van der Waals surface area (Å²) in [6, 6.07) is 13.2. The third kappa shape index (κ3) is 3.20. The highest BCUT2D eigenvalue weighted by Gasteiger charge is 2.15. The number of nitrogens with two attached hydrogens (primary N) is 1.